The first-order valence-electron chi connectivity index (χ1n) is 3.72. The molecule has 1 unspecified atom stereocenters. The molecule has 0 aliphatic heterocycles. The summed E-state index contributed by atoms with van der Waals surface area (Å²) in [5.41, 5.74) is 0. The maximum atomic E-state index is 9.00. The van der Waals surface area contributed by atoms with Gasteiger partial charge in [-0.05, 0) is 6.92 Å². The van der Waals surface area contributed by atoms with Gasteiger partial charge < -0.3 is 19.7 Å². The normalized spacial score (nSPS) is 10.7. The third kappa shape index (κ3) is 35.9. The molecule has 0 bridgehead atoms. The van der Waals surface area contributed by atoms with Gasteiger partial charge in [0, 0.05) is 6.92 Å². The van der Waals surface area contributed by atoms with E-state index in [1.807, 2.05) is 0 Å². The van der Waals surface area contributed by atoms with Crippen LogP contribution < -0.4 is 0 Å². The molecule has 0 fully saturated rings. The molecule has 5 nitrogen and oxygen atoms in total. The summed E-state index contributed by atoms with van der Waals surface area (Å²) in [6.45, 7) is 6.80. The maximum absolute atomic E-state index is 9.00. The van der Waals surface area contributed by atoms with E-state index in [1.165, 1.54) is 6.26 Å². The molecule has 0 rings (SSSR count). The summed E-state index contributed by atoms with van der Waals surface area (Å²) in [6.07, 6.45) is 0.629. The third-order valence-corrected chi connectivity index (χ3v) is 0.678. The van der Waals surface area contributed by atoms with E-state index >= 15 is 0 Å². The van der Waals surface area contributed by atoms with Crippen LogP contribution in [0.1, 0.15) is 13.8 Å². The molecule has 13 heavy (non-hydrogen) atoms. The Balaban J connectivity index is 0. The van der Waals surface area contributed by atoms with Gasteiger partial charge in [-0.25, -0.2) is 0 Å². The van der Waals surface area contributed by atoms with Crippen molar-refractivity contribution in [3.05, 3.63) is 12.8 Å². The fraction of sp³-hybridized carbons (Fsp3) is 0.625. The highest BCUT2D eigenvalue weighted by Gasteiger charge is 1.91. The number of carboxylic acids is 1. The second kappa shape index (κ2) is 10.9. The van der Waals surface area contributed by atoms with E-state index in [0.29, 0.717) is 13.2 Å². The lowest BCUT2D eigenvalue weighted by molar-refractivity contribution is -0.134. The summed E-state index contributed by atoms with van der Waals surface area (Å²) in [6, 6.07) is 0. The van der Waals surface area contributed by atoms with Gasteiger partial charge in [-0.3, -0.25) is 4.79 Å². The Kier molecular flexibility index (Phi) is 12.2. The third-order valence-electron chi connectivity index (χ3n) is 0.678. The van der Waals surface area contributed by atoms with Crippen LogP contribution in [-0.4, -0.2) is 35.7 Å². The van der Waals surface area contributed by atoms with E-state index in [0.717, 1.165) is 6.92 Å². The van der Waals surface area contributed by atoms with Crippen molar-refractivity contribution in [2.24, 2.45) is 0 Å². The van der Waals surface area contributed by atoms with Crippen LogP contribution in [0.4, 0.5) is 0 Å². The zero-order chi connectivity index (χ0) is 10.7. The van der Waals surface area contributed by atoms with E-state index < -0.39 is 12.3 Å². The van der Waals surface area contributed by atoms with Crippen LogP contribution in [0, 0.1) is 0 Å². The minimum Gasteiger partial charge on any atom is -0.499 e. The molecule has 2 N–H and O–H groups in total. The highest BCUT2D eigenvalue weighted by Crippen LogP contribution is 1.83. The van der Waals surface area contributed by atoms with Gasteiger partial charge in [-0.2, -0.15) is 0 Å². The van der Waals surface area contributed by atoms with Gasteiger partial charge in [0.2, 0.25) is 0 Å². The molecule has 1 atom stereocenters. The van der Waals surface area contributed by atoms with Gasteiger partial charge in [0.1, 0.15) is 6.61 Å². The monoisotopic (exact) mass is 192 g/mol. The second-order valence-corrected chi connectivity index (χ2v) is 2.03. The van der Waals surface area contributed by atoms with Crippen molar-refractivity contribution in [2.45, 2.75) is 20.1 Å². The molecule has 5 heteroatoms. The Morgan fingerprint density at radius 2 is 2.08 bits per heavy atom. The van der Waals surface area contributed by atoms with Gasteiger partial charge in [-0.15, -0.1) is 0 Å². The van der Waals surface area contributed by atoms with E-state index in [2.05, 4.69) is 6.58 Å². The van der Waals surface area contributed by atoms with Gasteiger partial charge in [0.15, 0.2) is 6.29 Å². The van der Waals surface area contributed by atoms with Gasteiger partial charge in [-0.1, -0.05) is 6.58 Å². The molecule has 0 radical (unpaired) electrons. The number of carbonyl (C=O) groups is 1. The number of hydrogen-bond acceptors (Lipinski definition) is 4. The van der Waals surface area contributed by atoms with E-state index in [1.54, 1.807) is 6.92 Å². The van der Waals surface area contributed by atoms with Crippen LogP contribution in [0.25, 0.3) is 0 Å². The van der Waals surface area contributed by atoms with Crippen LogP contribution >= 0.6 is 0 Å². The molecule has 78 valence electrons. The Morgan fingerprint density at radius 1 is 1.62 bits per heavy atom. The van der Waals surface area contributed by atoms with Crippen molar-refractivity contribution in [3.8, 4) is 0 Å². The standard InChI is InChI=1S/C6H12O3.C2H4O2/c1-3-8-4-5-9-6(2)7;1-2(3)4/h3,6-7H,1,4-5H2,2H3;1H3,(H,3,4). The van der Waals surface area contributed by atoms with Crippen LogP contribution in [0.15, 0.2) is 12.8 Å². The van der Waals surface area contributed by atoms with Crippen LogP contribution in [0.5, 0.6) is 0 Å². The average Bonchev–Trinajstić information content (AvgIpc) is 1.97. The van der Waals surface area contributed by atoms with Crippen molar-refractivity contribution in [2.75, 3.05) is 13.2 Å². The predicted octanol–water partition coefficient (Wildman–Crippen LogP) is 0.592. The molecule has 0 aromatic carbocycles. The molecule has 0 saturated heterocycles. The van der Waals surface area contributed by atoms with Gasteiger partial charge >= 0.3 is 0 Å². The lowest BCUT2D eigenvalue weighted by Gasteiger charge is -2.04. The molecule has 0 aliphatic rings. The number of rotatable bonds is 5. The summed E-state index contributed by atoms with van der Waals surface area (Å²) >= 11 is 0. The largest absolute Gasteiger partial charge is 0.499 e. The summed E-state index contributed by atoms with van der Waals surface area (Å²) in [5.74, 6) is -0.833. The fourth-order valence-electron chi connectivity index (χ4n) is 0.350. The number of ether oxygens (including phenoxy) is 2. The summed E-state index contributed by atoms with van der Waals surface area (Å²) in [7, 11) is 0. The minimum absolute atomic E-state index is 0.393. The van der Waals surface area contributed by atoms with E-state index in [-0.39, 0.29) is 0 Å². The van der Waals surface area contributed by atoms with Crippen LogP contribution in [-0.2, 0) is 14.3 Å². The highest BCUT2D eigenvalue weighted by molar-refractivity contribution is 5.62. The zero-order valence-electron chi connectivity index (χ0n) is 7.90. The molecule has 0 saturated carbocycles. The van der Waals surface area contributed by atoms with Crippen molar-refractivity contribution >= 4 is 5.97 Å². The molecule has 0 spiro atoms. The van der Waals surface area contributed by atoms with Crippen molar-refractivity contribution in [3.63, 3.8) is 0 Å². The molecule has 0 amide bonds. The molecule has 0 aromatic heterocycles. The summed E-state index contributed by atoms with van der Waals surface area (Å²) in [5, 5.41) is 16.0. The first kappa shape index (κ1) is 14.5. The first-order valence-corrected chi connectivity index (χ1v) is 3.72. The van der Waals surface area contributed by atoms with E-state index in [4.69, 9.17) is 24.5 Å². The predicted molar refractivity (Wildman–Crippen MR) is 47.1 cm³/mol. The number of aliphatic carboxylic acids is 1. The fourth-order valence-corrected chi connectivity index (χ4v) is 0.350. The summed E-state index contributed by atoms with van der Waals surface area (Å²) < 4.78 is 9.44. The smallest absolute Gasteiger partial charge is 0.300 e. The van der Waals surface area contributed by atoms with Crippen LogP contribution in [0.3, 0.4) is 0 Å². The van der Waals surface area contributed by atoms with E-state index in [9.17, 15) is 0 Å². The topological polar surface area (TPSA) is 76.0 Å². The maximum Gasteiger partial charge on any atom is 0.300 e. The molecule has 0 aromatic rings. The molecular formula is C8H16O5. The lowest BCUT2D eigenvalue weighted by atomic mass is 10.7. The van der Waals surface area contributed by atoms with Crippen molar-refractivity contribution in [1.29, 1.82) is 0 Å². The molecule has 0 heterocycles. The zero-order valence-corrected chi connectivity index (χ0v) is 7.90. The molecular weight excluding hydrogens is 176 g/mol. The van der Waals surface area contributed by atoms with Crippen molar-refractivity contribution in [1.82, 2.24) is 0 Å². The Hall–Kier alpha value is -1.07. The van der Waals surface area contributed by atoms with Gasteiger partial charge in [0.25, 0.3) is 5.97 Å². The summed E-state index contributed by atoms with van der Waals surface area (Å²) in [4.78, 5) is 9.00. The Labute approximate surface area is 77.6 Å². The van der Waals surface area contributed by atoms with Crippen LogP contribution in [0.2, 0.25) is 0 Å². The number of aliphatic hydroxyl groups is 1. The lowest BCUT2D eigenvalue weighted by Crippen LogP contribution is -2.10. The second-order valence-electron chi connectivity index (χ2n) is 2.03. The first-order chi connectivity index (χ1) is 6.00. The SMILES string of the molecule is C=COCCOC(C)O.CC(=O)O. The number of aliphatic hydroxyl groups excluding tert-OH is 1. The number of carboxylic acid groups (broad SMARTS) is 1. The Bertz CT molecular complexity index is 128. The van der Waals surface area contributed by atoms with Gasteiger partial charge in [0.05, 0.1) is 12.9 Å². The highest BCUT2D eigenvalue weighted by atomic mass is 16.6. The Morgan fingerprint density at radius 3 is 2.38 bits per heavy atom. The minimum atomic E-state index is -0.833. The molecule has 0 aliphatic carbocycles. The average molecular weight is 192 g/mol. The van der Waals surface area contributed by atoms with Crippen molar-refractivity contribution < 1.29 is 24.5 Å². The number of hydrogen-bond donors (Lipinski definition) is 2. The quantitative estimate of drug-likeness (QED) is 0.379.